The maximum atomic E-state index is 13.5. The number of nitro benzene ring substituents is 1. The molecule has 0 saturated heterocycles. The summed E-state index contributed by atoms with van der Waals surface area (Å²) in [5, 5.41) is 13.4. The highest BCUT2D eigenvalue weighted by Crippen LogP contribution is 2.62. The Bertz CT molecular complexity index is 582. The number of hydrogen-bond acceptors (Lipinski definition) is 3. The van der Waals surface area contributed by atoms with Crippen molar-refractivity contribution in [2.75, 3.05) is 0 Å². The normalized spacial score (nSPS) is 19.4. The number of carbonyl (C=O) groups is 1. The largest absolute Gasteiger partial charge is 0.348 e. The summed E-state index contributed by atoms with van der Waals surface area (Å²) < 4.78 is 13.5. The van der Waals surface area contributed by atoms with Crippen LogP contribution in [0.1, 0.15) is 38.1 Å². The van der Waals surface area contributed by atoms with Gasteiger partial charge in [0.1, 0.15) is 0 Å². The van der Waals surface area contributed by atoms with Crippen LogP contribution in [0.2, 0.25) is 0 Å². The zero-order valence-electron chi connectivity index (χ0n) is 11.9. The predicted molar refractivity (Wildman–Crippen MR) is 71.9 cm³/mol. The van der Waals surface area contributed by atoms with E-state index in [1.165, 1.54) is 6.07 Å². The Morgan fingerprint density at radius 2 is 1.85 bits per heavy atom. The Kier molecular flexibility index (Phi) is 3.07. The standard InChI is InChI=1S/C14H17FN2O3/c1-13(2)12(14(13,3)4)16-11(18)8-5-6-10(17(19)20)9(15)7-8/h5-7,12H,1-4H3,(H,16,18). The van der Waals surface area contributed by atoms with E-state index in [2.05, 4.69) is 5.32 Å². The summed E-state index contributed by atoms with van der Waals surface area (Å²) >= 11 is 0. The van der Waals surface area contributed by atoms with Crippen molar-refractivity contribution >= 4 is 11.6 Å². The number of halogens is 1. The van der Waals surface area contributed by atoms with Gasteiger partial charge in [0.25, 0.3) is 5.91 Å². The first-order valence-electron chi connectivity index (χ1n) is 6.34. The zero-order chi connectivity index (χ0) is 15.3. The molecular weight excluding hydrogens is 263 g/mol. The summed E-state index contributed by atoms with van der Waals surface area (Å²) in [6, 6.07) is 3.17. The molecule has 1 saturated carbocycles. The van der Waals surface area contributed by atoms with Crippen LogP contribution in [0, 0.1) is 26.8 Å². The van der Waals surface area contributed by atoms with Gasteiger partial charge in [-0.3, -0.25) is 14.9 Å². The first kappa shape index (κ1) is 14.4. The lowest BCUT2D eigenvalue weighted by Gasteiger charge is -2.07. The Hall–Kier alpha value is -1.98. The fraction of sp³-hybridized carbons (Fsp3) is 0.500. The van der Waals surface area contributed by atoms with Crippen molar-refractivity contribution in [2.45, 2.75) is 33.7 Å². The number of nitrogens with zero attached hydrogens (tertiary/aromatic N) is 1. The highest BCUT2D eigenvalue weighted by molar-refractivity contribution is 5.95. The zero-order valence-corrected chi connectivity index (χ0v) is 11.9. The Morgan fingerprint density at radius 3 is 2.25 bits per heavy atom. The number of benzene rings is 1. The molecule has 0 radical (unpaired) electrons. The summed E-state index contributed by atoms with van der Waals surface area (Å²) in [7, 11) is 0. The van der Waals surface area contributed by atoms with Crippen LogP contribution in [0.3, 0.4) is 0 Å². The molecule has 0 aliphatic heterocycles. The van der Waals surface area contributed by atoms with Crippen LogP contribution in [-0.2, 0) is 0 Å². The van der Waals surface area contributed by atoms with Crippen LogP contribution in [0.25, 0.3) is 0 Å². The number of hydrogen-bond donors (Lipinski definition) is 1. The van der Waals surface area contributed by atoms with Crippen LogP contribution in [-0.4, -0.2) is 16.9 Å². The van der Waals surface area contributed by atoms with Gasteiger partial charge < -0.3 is 5.32 Å². The molecule has 1 amide bonds. The fourth-order valence-electron chi connectivity index (χ4n) is 2.57. The first-order chi connectivity index (χ1) is 9.09. The van der Waals surface area contributed by atoms with Crippen molar-refractivity contribution in [1.82, 2.24) is 5.32 Å². The van der Waals surface area contributed by atoms with Crippen LogP contribution in [0.4, 0.5) is 10.1 Å². The molecule has 2 rings (SSSR count). The Labute approximate surface area is 116 Å². The summed E-state index contributed by atoms with van der Waals surface area (Å²) in [6.07, 6.45) is 0. The number of nitrogens with one attached hydrogen (secondary N) is 1. The van der Waals surface area contributed by atoms with Crippen LogP contribution >= 0.6 is 0 Å². The third-order valence-electron chi connectivity index (χ3n) is 4.70. The van der Waals surface area contributed by atoms with E-state index in [0.717, 1.165) is 12.1 Å². The molecule has 1 aromatic rings. The van der Waals surface area contributed by atoms with Gasteiger partial charge in [0.05, 0.1) is 4.92 Å². The molecule has 1 fully saturated rings. The van der Waals surface area contributed by atoms with Gasteiger partial charge in [-0.05, 0) is 23.0 Å². The summed E-state index contributed by atoms with van der Waals surface area (Å²) in [5.41, 5.74) is -0.593. The van der Waals surface area contributed by atoms with Crippen LogP contribution in [0.5, 0.6) is 0 Å². The van der Waals surface area contributed by atoms with E-state index in [9.17, 15) is 19.3 Å². The average Bonchev–Trinajstić information content (AvgIpc) is 2.71. The number of nitro groups is 1. The maximum absolute atomic E-state index is 13.5. The minimum absolute atomic E-state index is 0.000697. The third-order valence-corrected chi connectivity index (χ3v) is 4.70. The molecular formula is C14H17FN2O3. The molecule has 0 bridgehead atoms. The number of rotatable bonds is 3. The van der Waals surface area contributed by atoms with Crippen LogP contribution in [0.15, 0.2) is 18.2 Å². The molecule has 20 heavy (non-hydrogen) atoms. The molecule has 0 aromatic heterocycles. The van der Waals surface area contributed by atoms with Gasteiger partial charge in [-0.15, -0.1) is 0 Å². The lowest BCUT2D eigenvalue weighted by Crippen LogP contribution is -2.29. The van der Waals surface area contributed by atoms with Crippen molar-refractivity contribution in [3.05, 3.63) is 39.7 Å². The van der Waals surface area contributed by atoms with Gasteiger partial charge in [-0.2, -0.15) is 4.39 Å². The predicted octanol–water partition coefficient (Wildman–Crippen LogP) is 2.90. The van der Waals surface area contributed by atoms with Crippen molar-refractivity contribution in [3.8, 4) is 0 Å². The molecule has 6 heteroatoms. The van der Waals surface area contributed by atoms with Gasteiger partial charge >= 0.3 is 5.69 Å². The van der Waals surface area contributed by atoms with Gasteiger partial charge in [0, 0.05) is 17.7 Å². The molecule has 1 aromatic carbocycles. The molecule has 0 unspecified atom stereocenters. The minimum atomic E-state index is -1.00. The molecule has 1 aliphatic carbocycles. The second-order valence-corrected chi connectivity index (χ2v) is 6.27. The smallest absolute Gasteiger partial charge is 0.304 e. The minimum Gasteiger partial charge on any atom is -0.348 e. The van der Waals surface area contributed by atoms with Crippen molar-refractivity contribution in [3.63, 3.8) is 0 Å². The quantitative estimate of drug-likeness (QED) is 0.683. The molecule has 0 heterocycles. The van der Waals surface area contributed by atoms with Gasteiger partial charge in [0.15, 0.2) is 0 Å². The fourth-order valence-corrected chi connectivity index (χ4v) is 2.57. The monoisotopic (exact) mass is 280 g/mol. The second kappa shape index (κ2) is 4.26. The molecule has 0 spiro atoms. The molecule has 5 nitrogen and oxygen atoms in total. The van der Waals surface area contributed by atoms with E-state index < -0.39 is 22.3 Å². The molecule has 0 atom stereocenters. The SMILES string of the molecule is CC1(C)C(NC(=O)c2ccc([N+](=O)[O-])c(F)c2)C1(C)C. The molecule has 108 valence electrons. The lowest BCUT2D eigenvalue weighted by molar-refractivity contribution is -0.387. The first-order valence-corrected chi connectivity index (χ1v) is 6.34. The van der Waals surface area contributed by atoms with Gasteiger partial charge in [-0.1, -0.05) is 27.7 Å². The lowest BCUT2D eigenvalue weighted by atomic mass is 10.0. The van der Waals surface area contributed by atoms with Crippen molar-refractivity contribution in [1.29, 1.82) is 0 Å². The Morgan fingerprint density at radius 1 is 1.30 bits per heavy atom. The van der Waals surface area contributed by atoms with Crippen LogP contribution < -0.4 is 5.32 Å². The number of carbonyl (C=O) groups excluding carboxylic acids is 1. The van der Waals surface area contributed by atoms with E-state index in [4.69, 9.17) is 0 Å². The van der Waals surface area contributed by atoms with Gasteiger partial charge in [0.2, 0.25) is 5.82 Å². The summed E-state index contributed by atoms with van der Waals surface area (Å²) in [4.78, 5) is 21.8. The van der Waals surface area contributed by atoms with E-state index in [1.807, 2.05) is 27.7 Å². The Balaban J connectivity index is 2.16. The topological polar surface area (TPSA) is 72.2 Å². The third kappa shape index (κ3) is 2.05. The van der Waals surface area contributed by atoms with Crippen molar-refractivity contribution in [2.24, 2.45) is 10.8 Å². The van der Waals surface area contributed by atoms with Crippen molar-refractivity contribution < 1.29 is 14.1 Å². The average molecular weight is 280 g/mol. The molecule has 1 N–H and O–H groups in total. The van der Waals surface area contributed by atoms with Gasteiger partial charge in [-0.25, -0.2) is 0 Å². The second-order valence-electron chi connectivity index (χ2n) is 6.27. The maximum Gasteiger partial charge on any atom is 0.304 e. The number of amides is 1. The highest BCUT2D eigenvalue weighted by Gasteiger charge is 2.65. The highest BCUT2D eigenvalue weighted by atomic mass is 19.1. The summed E-state index contributed by atoms with van der Waals surface area (Å²) in [5.74, 6) is -1.42. The summed E-state index contributed by atoms with van der Waals surface area (Å²) in [6.45, 7) is 8.20. The molecule has 1 aliphatic rings. The van der Waals surface area contributed by atoms with E-state index in [0.29, 0.717) is 0 Å². The van der Waals surface area contributed by atoms with E-state index in [1.54, 1.807) is 0 Å². The van der Waals surface area contributed by atoms with E-state index >= 15 is 0 Å². The van der Waals surface area contributed by atoms with E-state index in [-0.39, 0.29) is 22.4 Å².